The van der Waals surface area contributed by atoms with Crippen LogP contribution in [0.2, 0.25) is 0 Å². The average Bonchev–Trinajstić information content (AvgIpc) is 2.74. The number of hydrogen-bond acceptors (Lipinski definition) is 3. The first-order valence-corrected chi connectivity index (χ1v) is 5.24. The molecule has 78 valence electrons. The summed E-state index contributed by atoms with van der Waals surface area (Å²) in [4.78, 5) is 2.40. The maximum atomic E-state index is 5.57. The van der Waals surface area contributed by atoms with Crippen molar-refractivity contribution < 1.29 is 0 Å². The number of aromatic nitrogens is 2. The zero-order chi connectivity index (χ0) is 9.97. The summed E-state index contributed by atoms with van der Waals surface area (Å²) in [5, 5.41) is 4.18. The molecule has 0 aromatic carbocycles. The monoisotopic (exact) mass is 194 g/mol. The fraction of sp³-hybridized carbons (Fsp3) is 0.700. The van der Waals surface area contributed by atoms with Gasteiger partial charge in [0, 0.05) is 26.2 Å². The van der Waals surface area contributed by atoms with Crippen LogP contribution in [0.4, 0.5) is 5.82 Å². The van der Waals surface area contributed by atoms with Gasteiger partial charge >= 0.3 is 0 Å². The molecule has 0 radical (unpaired) electrons. The summed E-state index contributed by atoms with van der Waals surface area (Å²) in [7, 11) is 1.99. The maximum Gasteiger partial charge on any atom is 0.126 e. The van der Waals surface area contributed by atoms with Crippen molar-refractivity contribution in [2.24, 2.45) is 18.7 Å². The molecule has 1 aliphatic rings. The van der Waals surface area contributed by atoms with E-state index in [1.165, 1.54) is 12.2 Å². The minimum absolute atomic E-state index is 0.773. The summed E-state index contributed by atoms with van der Waals surface area (Å²) in [5.74, 6) is 2.00. The van der Waals surface area contributed by atoms with Crippen LogP contribution < -0.4 is 10.6 Å². The van der Waals surface area contributed by atoms with E-state index in [1.807, 2.05) is 17.9 Å². The Hall–Kier alpha value is -1.03. The van der Waals surface area contributed by atoms with Crippen LogP contribution in [0.25, 0.3) is 0 Å². The molecule has 1 unspecified atom stereocenters. The molecular formula is C10H18N4. The van der Waals surface area contributed by atoms with E-state index < -0.39 is 0 Å². The van der Waals surface area contributed by atoms with E-state index in [4.69, 9.17) is 5.73 Å². The highest BCUT2D eigenvalue weighted by Gasteiger charge is 2.23. The van der Waals surface area contributed by atoms with E-state index in [2.05, 4.69) is 16.1 Å². The number of nitrogens with zero attached hydrogens (tertiary/aromatic N) is 3. The lowest BCUT2D eigenvalue weighted by atomic mass is 10.1. The van der Waals surface area contributed by atoms with E-state index >= 15 is 0 Å². The van der Waals surface area contributed by atoms with Crippen LogP contribution in [0.1, 0.15) is 12.8 Å². The van der Waals surface area contributed by atoms with Crippen molar-refractivity contribution in [1.82, 2.24) is 9.78 Å². The van der Waals surface area contributed by atoms with Crippen LogP contribution >= 0.6 is 0 Å². The van der Waals surface area contributed by atoms with Gasteiger partial charge in [-0.2, -0.15) is 5.10 Å². The van der Waals surface area contributed by atoms with Crippen LogP contribution in [0.15, 0.2) is 12.3 Å². The lowest BCUT2D eigenvalue weighted by Gasteiger charge is -2.18. The standard InChI is InChI=1S/C10H18N4/c1-13-10(3-6-12-13)14-7-4-9(8-14)2-5-11/h3,6,9H,2,4-5,7-8,11H2,1H3. The SMILES string of the molecule is Cn1nccc1N1CCC(CCN)C1. The Bertz CT molecular complexity index is 294. The van der Waals surface area contributed by atoms with E-state index in [0.717, 1.165) is 32.0 Å². The molecule has 14 heavy (non-hydrogen) atoms. The van der Waals surface area contributed by atoms with Gasteiger partial charge in [-0.25, -0.2) is 0 Å². The van der Waals surface area contributed by atoms with Crippen molar-refractivity contribution in [1.29, 1.82) is 0 Å². The molecule has 2 heterocycles. The number of anilines is 1. The molecular weight excluding hydrogens is 176 g/mol. The van der Waals surface area contributed by atoms with Crippen LogP contribution in [-0.2, 0) is 7.05 Å². The van der Waals surface area contributed by atoms with Crippen molar-refractivity contribution >= 4 is 5.82 Å². The molecule has 1 saturated heterocycles. The second kappa shape index (κ2) is 4.00. The predicted molar refractivity (Wildman–Crippen MR) is 57.2 cm³/mol. The Morgan fingerprint density at radius 1 is 1.64 bits per heavy atom. The number of aryl methyl sites for hydroxylation is 1. The van der Waals surface area contributed by atoms with Crippen LogP contribution in [0.5, 0.6) is 0 Å². The van der Waals surface area contributed by atoms with Gasteiger partial charge in [-0.05, 0) is 25.3 Å². The van der Waals surface area contributed by atoms with Gasteiger partial charge in [-0.1, -0.05) is 0 Å². The lowest BCUT2D eigenvalue weighted by molar-refractivity contribution is 0.545. The molecule has 0 spiro atoms. The molecule has 1 fully saturated rings. The summed E-state index contributed by atoms with van der Waals surface area (Å²) in [6.07, 6.45) is 4.27. The molecule has 0 saturated carbocycles. The van der Waals surface area contributed by atoms with Crippen LogP contribution in [-0.4, -0.2) is 29.4 Å². The predicted octanol–water partition coefficient (Wildman–Crippen LogP) is 0.595. The zero-order valence-corrected chi connectivity index (χ0v) is 8.69. The highest BCUT2D eigenvalue weighted by Crippen LogP contribution is 2.24. The Kier molecular flexibility index (Phi) is 2.72. The molecule has 2 N–H and O–H groups in total. The first-order valence-electron chi connectivity index (χ1n) is 5.24. The van der Waals surface area contributed by atoms with Gasteiger partial charge in [0.2, 0.25) is 0 Å². The Morgan fingerprint density at radius 3 is 3.14 bits per heavy atom. The lowest BCUT2D eigenvalue weighted by Crippen LogP contribution is -2.22. The number of hydrogen-bond donors (Lipinski definition) is 1. The Morgan fingerprint density at radius 2 is 2.50 bits per heavy atom. The average molecular weight is 194 g/mol. The molecule has 4 nitrogen and oxygen atoms in total. The Labute approximate surface area is 84.7 Å². The largest absolute Gasteiger partial charge is 0.357 e. The van der Waals surface area contributed by atoms with Gasteiger partial charge in [0.1, 0.15) is 5.82 Å². The Balaban J connectivity index is 1.99. The number of rotatable bonds is 3. The van der Waals surface area contributed by atoms with Crippen molar-refractivity contribution in [3.63, 3.8) is 0 Å². The minimum Gasteiger partial charge on any atom is -0.357 e. The molecule has 0 bridgehead atoms. The van der Waals surface area contributed by atoms with E-state index in [0.29, 0.717) is 0 Å². The van der Waals surface area contributed by atoms with Crippen LogP contribution in [0.3, 0.4) is 0 Å². The van der Waals surface area contributed by atoms with Crippen molar-refractivity contribution in [3.8, 4) is 0 Å². The first kappa shape index (κ1) is 9.52. The fourth-order valence-electron chi connectivity index (χ4n) is 2.19. The summed E-state index contributed by atoms with van der Waals surface area (Å²) in [6, 6.07) is 2.07. The van der Waals surface area contributed by atoms with Gasteiger partial charge in [0.25, 0.3) is 0 Å². The minimum atomic E-state index is 0.773. The summed E-state index contributed by atoms with van der Waals surface area (Å²) in [5.41, 5.74) is 5.57. The number of nitrogens with two attached hydrogens (primary N) is 1. The molecule has 4 heteroatoms. The molecule has 1 aromatic heterocycles. The van der Waals surface area contributed by atoms with Crippen molar-refractivity contribution in [2.45, 2.75) is 12.8 Å². The molecule has 1 aliphatic heterocycles. The van der Waals surface area contributed by atoms with Crippen LogP contribution in [0, 0.1) is 5.92 Å². The highest BCUT2D eigenvalue weighted by molar-refractivity contribution is 5.39. The van der Waals surface area contributed by atoms with Gasteiger partial charge in [0.15, 0.2) is 0 Å². The quantitative estimate of drug-likeness (QED) is 0.766. The van der Waals surface area contributed by atoms with Gasteiger partial charge in [-0.15, -0.1) is 0 Å². The summed E-state index contributed by atoms with van der Waals surface area (Å²) in [6.45, 7) is 3.09. The molecule has 0 aliphatic carbocycles. The molecule has 0 amide bonds. The second-order valence-electron chi connectivity index (χ2n) is 3.99. The third kappa shape index (κ3) is 1.75. The molecule has 1 atom stereocenters. The molecule has 1 aromatic rings. The van der Waals surface area contributed by atoms with E-state index in [-0.39, 0.29) is 0 Å². The van der Waals surface area contributed by atoms with Gasteiger partial charge < -0.3 is 10.6 Å². The topological polar surface area (TPSA) is 47.1 Å². The fourth-order valence-corrected chi connectivity index (χ4v) is 2.19. The first-order chi connectivity index (χ1) is 6.81. The zero-order valence-electron chi connectivity index (χ0n) is 8.69. The van der Waals surface area contributed by atoms with Gasteiger partial charge in [0.05, 0.1) is 6.20 Å². The highest BCUT2D eigenvalue weighted by atomic mass is 15.4. The maximum absolute atomic E-state index is 5.57. The summed E-state index contributed by atoms with van der Waals surface area (Å²) >= 11 is 0. The second-order valence-corrected chi connectivity index (χ2v) is 3.99. The molecule has 2 rings (SSSR count). The van der Waals surface area contributed by atoms with E-state index in [9.17, 15) is 0 Å². The van der Waals surface area contributed by atoms with Crippen molar-refractivity contribution in [2.75, 3.05) is 24.5 Å². The van der Waals surface area contributed by atoms with Gasteiger partial charge in [-0.3, -0.25) is 4.68 Å². The third-order valence-corrected chi connectivity index (χ3v) is 2.98. The normalized spacial score (nSPS) is 21.9. The van der Waals surface area contributed by atoms with Crippen molar-refractivity contribution in [3.05, 3.63) is 12.3 Å². The smallest absolute Gasteiger partial charge is 0.126 e. The third-order valence-electron chi connectivity index (χ3n) is 2.98. The summed E-state index contributed by atoms with van der Waals surface area (Å²) < 4.78 is 1.94. The van der Waals surface area contributed by atoms with E-state index in [1.54, 1.807) is 0 Å².